The van der Waals surface area contributed by atoms with Crippen molar-refractivity contribution in [3.63, 3.8) is 0 Å². The maximum atomic E-state index is 6.61. The molecule has 5 heteroatoms. The largest absolute Gasteiger partial charge is 0.454 e. The van der Waals surface area contributed by atoms with Crippen molar-refractivity contribution in [3.8, 4) is 34.2 Å². The summed E-state index contributed by atoms with van der Waals surface area (Å²) < 4.78 is 6.08. The van der Waals surface area contributed by atoms with Gasteiger partial charge in [-0.3, -0.25) is 0 Å². The van der Waals surface area contributed by atoms with E-state index in [1.165, 1.54) is 21.5 Å². The molecule has 0 aliphatic rings. The Morgan fingerprint density at radius 3 is 2.05 bits per heavy atom. The number of nitrogens with zero attached hydrogens (tertiary/aromatic N) is 3. The molecule has 6 aromatic carbocycles. The topological polar surface area (TPSA) is 77.8 Å². The second-order valence-electron chi connectivity index (χ2n) is 10.6. The van der Waals surface area contributed by atoms with Crippen molar-refractivity contribution in [1.29, 1.82) is 0 Å². The van der Waals surface area contributed by atoms with Gasteiger partial charge in [0.25, 0.3) is 0 Å². The molecular formula is C38H26N4O. The van der Waals surface area contributed by atoms with Gasteiger partial charge in [0.1, 0.15) is 5.58 Å². The van der Waals surface area contributed by atoms with Crippen molar-refractivity contribution in [2.45, 2.75) is 6.92 Å². The number of anilines is 1. The molecule has 0 unspecified atom stereocenters. The van der Waals surface area contributed by atoms with Crippen LogP contribution >= 0.6 is 0 Å². The molecule has 0 radical (unpaired) electrons. The Morgan fingerprint density at radius 1 is 0.558 bits per heavy atom. The summed E-state index contributed by atoms with van der Waals surface area (Å²) in [7, 11) is 0. The van der Waals surface area contributed by atoms with Gasteiger partial charge in [0, 0.05) is 16.7 Å². The zero-order valence-corrected chi connectivity index (χ0v) is 23.5. The van der Waals surface area contributed by atoms with E-state index < -0.39 is 0 Å². The van der Waals surface area contributed by atoms with E-state index in [0.717, 1.165) is 32.8 Å². The Morgan fingerprint density at radius 2 is 1.19 bits per heavy atom. The van der Waals surface area contributed by atoms with E-state index in [1.54, 1.807) is 0 Å². The first-order valence-electron chi connectivity index (χ1n) is 14.3. The van der Waals surface area contributed by atoms with E-state index in [0.29, 0.717) is 34.5 Å². The maximum absolute atomic E-state index is 6.61. The summed E-state index contributed by atoms with van der Waals surface area (Å²) in [4.78, 5) is 15.1. The number of allylic oxidation sites excluding steroid dienone is 1. The van der Waals surface area contributed by atoms with Gasteiger partial charge < -0.3 is 10.2 Å². The second-order valence-corrected chi connectivity index (χ2v) is 10.6. The Kier molecular flexibility index (Phi) is 5.76. The van der Waals surface area contributed by atoms with Gasteiger partial charge in [-0.25, -0.2) is 15.0 Å². The first-order chi connectivity index (χ1) is 21.2. The lowest BCUT2D eigenvalue weighted by Crippen LogP contribution is -2.01. The number of furan rings is 1. The van der Waals surface area contributed by atoms with Crippen molar-refractivity contribution in [3.05, 3.63) is 127 Å². The molecule has 2 N–H and O–H groups in total. The predicted molar refractivity (Wildman–Crippen MR) is 178 cm³/mol. The number of hydrogen-bond donors (Lipinski definition) is 1. The van der Waals surface area contributed by atoms with Crippen LogP contribution in [0.1, 0.15) is 12.7 Å². The molecule has 0 amide bonds. The molecule has 0 bridgehead atoms. The fourth-order valence-corrected chi connectivity index (χ4v) is 6.04. The number of nitrogens with two attached hydrogens (primary N) is 1. The first kappa shape index (κ1) is 24.9. The van der Waals surface area contributed by atoms with Crippen LogP contribution in [0.25, 0.3) is 83.5 Å². The molecule has 2 heterocycles. The molecule has 0 saturated carbocycles. The van der Waals surface area contributed by atoms with E-state index in [9.17, 15) is 0 Å². The maximum Gasteiger partial charge on any atom is 0.164 e. The molecule has 2 aromatic heterocycles. The highest BCUT2D eigenvalue weighted by Gasteiger charge is 2.20. The van der Waals surface area contributed by atoms with Gasteiger partial charge in [0.05, 0.1) is 11.1 Å². The lowest BCUT2D eigenvalue weighted by atomic mass is 9.95. The fraction of sp³-hybridized carbons (Fsp3) is 0.0263. The summed E-state index contributed by atoms with van der Waals surface area (Å²) in [6.07, 6.45) is 3.78. The molecule has 43 heavy (non-hydrogen) atoms. The lowest BCUT2D eigenvalue weighted by molar-refractivity contribution is 0.606. The summed E-state index contributed by atoms with van der Waals surface area (Å²) in [5.41, 5.74) is 10.5. The normalized spacial score (nSPS) is 11.8. The van der Waals surface area contributed by atoms with E-state index in [4.69, 9.17) is 25.1 Å². The van der Waals surface area contributed by atoms with Crippen LogP contribution in [0.15, 0.2) is 126 Å². The van der Waals surface area contributed by atoms with E-state index in [1.807, 2.05) is 67.6 Å². The molecule has 0 aliphatic heterocycles. The van der Waals surface area contributed by atoms with Crippen LogP contribution in [0, 0.1) is 0 Å². The number of rotatable bonds is 4. The molecule has 0 saturated heterocycles. The number of nitrogen functional groups attached to an aromatic ring is 1. The summed E-state index contributed by atoms with van der Waals surface area (Å²) in [6, 6.07) is 39.5. The minimum Gasteiger partial charge on any atom is -0.454 e. The summed E-state index contributed by atoms with van der Waals surface area (Å²) in [5.74, 6) is 2.35. The molecule has 8 aromatic rings. The molecule has 0 spiro atoms. The zero-order chi connectivity index (χ0) is 28.9. The van der Waals surface area contributed by atoms with Crippen LogP contribution in [0.5, 0.6) is 0 Å². The van der Waals surface area contributed by atoms with Crippen LogP contribution in [0.4, 0.5) is 5.69 Å². The van der Waals surface area contributed by atoms with Crippen molar-refractivity contribution < 1.29 is 4.42 Å². The predicted octanol–water partition coefficient (Wildman–Crippen LogP) is 9.69. The standard InChI is InChI=1S/C38H26N4O/c1-2-10-33-35(39)34-31(17-9-18-32(34)43-33)38-41-36(24-12-4-3-5-13-24)40-37(42-38)30-16-8-15-26-28-20-19-23-11-6-7-14-25(23)27(28)21-22-29(26)30/h2-22H,39H2,1H3/b10-2-. The van der Waals surface area contributed by atoms with Crippen molar-refractivity contribution in [2.75, 3.05) is 5.73 Å². The van der Waals surface area contributed by atoms with Gasteiger partial charge in [0.2, 0.25) is 0 Å². The molecule has 204 valence electrons. The van der Waals surface area contributed by atoms with Crippen LogP contribution in [0.2, 0.25) is 0 Å². The average molecular weight is 555 g/mol. The molecule has 0 aliphatic carbocycles. The van der Waals surface area contributed by atoms with Crippen LogP contribution in [0.3, 0.4) is 0 Å². The number of benzene rings is 6. The van der Waals surface area contributed by atoms with Gasteiger partial charge in [-0.05, 0) is 51.4 Å². The van der Waals surface area contributed by atoms with Crippen LogP contribution in [-0.2, 0) is 0 Å². The minimum atomic E-state index is 0.540. The quantitative estimate of drug-likeness (QED) is 0.219. The highest BCUT2D eigenvalue weighted by Crippen LogP contribution is 2.39. The highest BCUT2D eigenvalue weighted by atomic mass is 16.3. The van der Waals surface area contributed by atoms with E-state index >= 15 is 0 Å². The van der Waals surface area contributed by atoms with E-state index in [-0.39, 0.29) is 0 Å². The highest BCUT2D eigenvalue weighted by molar-refractivity contribution is 6.19. The third kappa shape index (κ3) is 4.05. The molecule has 0 fully saturated rings. The number of hydrogen-bond acceptors (Lipinski definition) is 5. The number of fused-ring (bicyclic) bond motifs is 6. The molecule has 0 atom stereocenters. The van der Waals surface area contributed by atoms with Crippen molar-refractivity contribution in [1.82, 2.24) is 15.0 Å². The van der Waals surface area contributed by atoms with Crippen LogP contribution < -0.4 is 5.73 Å². The van der Waals surface area contributed by atoms with Gasteiger partial charge >= 0.3 is 0 Å². The van der Waals surface area contributed by atoms with Crippen LogP contribution in [-0.4, -0.2) is 15.0 Å². The van der Waals surface area contributed by atoms with Gasteiger partial charge in [-0.2, -0.15) is 0 Å². The smallest absolute Gasteiger partial charge is 0.164 e. The third-order valence-corrected chi connectivity index (χ3v) is 8.03. The Labute approximate surface area is 248 Å². The Balaban J connectivity index is 1.40. The van der Waals surface area contributed by atoms with E-state index in [2.05, 4.69) is 66.7 Å². The SMILES string of the molecule is C/C=C\c1oc2cccc(-c3nc(-c4ccccc4)nc(-c4cccc5c4ccc4c6ccccc6ccc54)n3)c2c1N. The summed E-state index contributed by atoms with van der Waals surface area (Å²) >= 11 is 0. The number of aromatic nitrogens is 3. The summed E-state index contributed by atoms with van der Waals surface area (Å²) in [6.45, 7) is 1.94. The summed E-state index contributed by atoms with van der Waals surface area (Å²) in [5, 5.41) is 7.92. The lowest BCUT2D eigenvalue weighted by Gasteiger charge is -2.12. The Hall–Kier alpha value is -5.81. The first-order valence-corrected chi connectivity index (χ1v) is 14.3. The fourth-order valence-electron chi connectivity index (χ4n) is 6.04. The van der Waals surface area contributed by atoms with Crippen molar-refractivity contribution in [2.24, 2.45) is 0 Å². The van der Waals surface area contributed by atoms with Gasteiger partial charge in [-0.1, -0.05) is 115 Å². The molecular weight excluding hydrogens is 528 g/mol. The zero-order valence-electron chi connectivity index (χ0n) is 23.5. The Bertz CT molecular complexity index is 2370. The average Bonchev–Trinajstić information content (AvgIpc) is 3.39. The molecule has 5 nitrogen and oxygen atoms in total. The minimum absolute atomic E-state index is 0.540. The molecule has 8 rings (SSSR count). The second kappa shape index (κ2) is 9.93. The monoisotopic (exact) mass is 554 g/mol. The van der Waals surface area contributed by atoms with Gasteiger partial charge in [0.15, 0.2) is 23.2 Å². The van der Waals surface area contributed by atoms with Crippen molar-refractivity contribution >= 4 is 55.0 Å². The third-order valence-electron chi connectivity index (χ3n) is 8.03. The van der Waals surface area contributed by atoms with Gasteiger partial charge in [-0.15, -0.1) is 0 Å².